The molecule has 3 aromatic rings. The van der Waals surface area contributed by atoms with Crippen molar-refractivity contribution in [2.24, 2.45) is 0 Å². The first-order valence-electron chi connectivity index (χ1n) is 6.77. The van der Waals surface area contributed by atoms with Gasteiger partial charge >= 0.3 is 0 Å². The Kier molecular flexibility index (Phi) is 2.72. The minimum absolute atomic E-state index is 0.0781. The maximum absolute atomic E-state index is 12.5. The van der Waals surface area contributed by atoms with Crippen LogP contribution < -0.4 is 10.9 Å². The molecule has 0 fully saturated rings. The summed E-state index contributed by atoms with van der Waals surface area (Å²) in [5.41, 5.74) is 3.74. The Bertz CT molecular complexity index is 847. The quantitative estimate of drug-likeness (QED) is 0.744. The third-order valence-corrected chi connectivity index (χ3v) is 4.91. The second kappa shape index (κ2) is 4.58. The van der Waals surface area contributed by atoms with Crippen molar-refractivity contribution in [3.63, 3.8) is 0 Å². The van der Waals surface area contributed by atoms with Gasteiger partial charge in [0.25, 0.3) is 5.56 Å². The maximum Gasteiger partial charge on any atom is 0.273 e. The van der Waals surface area contributed by atoms with Crippen molar-refractivity contribution < 1.29 is 0 Å². The van der Waals surface area contributed by atoms with E-state index >= 15 is 0 Å². The molecule has 4 heteroatoms. The Balaban J connectivity index is 1.91. The number of aromatic nitrogens is 1. The molecule has 0 amide bonds. The van der Waals surface area contributed by atoms with E-state index in [4.69, 9.17) is 0 Å². The highest BCUT2D eigenvalue weighted by molar-refractivity contribution is 7.14. The molecule has 100 valence electrons. The summed E-state index contributed by atoms with van der Waals surface area (Å²) in [6, 6.07) is 14.1. The van der Waals surface area contributed by atoms with E-state index in [-0.39, 0.29) is 5.56 Å². The summed E-state index contributed by atoms with van der Waals surface area (Å²) in [4.78, 5) is 12.5. The predicted octanol–water partition coefficient (Wildman–Crippen LogP) is 2.70. The zero-order valence-corrected chi connectivity index (χ0v) is 11.7. The van der Waals surface area contributed by atoms with Crippen LogP contribution >= 0.6 is 11.5 Å². The lowest BCUT2D eigenvalue weighted by molar-refractivity contribution is 0.643. The van der Waals surface area contributed by atoms with Crippen molar-refractivity contribution in [1.29, 1.82) is 0 Å². The maximum atomic E-state index is 12.5. The fraction of sp³-hybridized carbons (Fsp3) is 0.188. The Hall–Kier alpha value is -1.91. The van der Waals surface area contributed by atoms with E-state index in [1.807, 2.05) is 24.3 Å². The van der Waals surface area contributed by atoms with Gasteiger partial charge in [-0.25, -0.2) is 3.96 Å². The van der Waals surface area contributed by atoms with Crippen molar-refractivity contribution in [3.8, 4) is 5.69 Å². The van der Waals surface area contributed by atoms with Gasteiger partial charge in [0.05, 0.1) is 15.8 Å². The Morgan fingerprint density at radius 3 is 2.90 bits per heavy atom. The summed E-state index contributed by atoms with van der Waals surface area (Å²) in [6.45, 7) is 1.93. The van der Waals surface area contributed by atoms with Gasteiger partial charge in [-0.2, -0.15) is 0 Å². The van der Waals surface area contributed by atoms with Crippen LogP contribution in [0.2, 0.25) is 0 Å². The van der Waals surface area contributed by atoms with E-state index in [1.165, 1.54) is 22.7 Å². The summed E-state index contributed by atoms with van der Waals surface area (Å²) in [6.07, 6.45) is 1.07. The molecule has 1 aromatic heterocycles. The highest BCUT2D eigenvalue weighted by atomic mass is 32.1. The van der Waals surface area contributed by atoms with E-state index in [9.17, 15) is 4.79 Å². The highest BCUT2D eigenvalue weighted by Crippen LogP contribution is 2.22. The van der Waals surface area contributed by atoms with Crippen LogP contribution in [0.4, 0.5) is 0 Å². The molecular weight excluding hydrogens is 268 g/mol. The lowest BCUT2D eigenvalue weighted by Crippen LogP contribution is -2.24. The fourth-order valence-corrected chi connectivity index (χ4v) is 3.73. The van der Waals surface area contributed by atoms with Crippen molar-refractivity contribution in [1.82, 2.24) is 9.27 Å². The van der Waals surface area contributed by atoms with Gasteiger partial charge in [-0.05, 0) is 48.4 Å². The molecule has 4 rings (SSSR count). The Labute approximate surface area is 120 Å². The molecule has 1 aliphatic heterocycles. The van der Waals surface area contributed by atoms with Gasteiger partial charge in [0.1, 0.15) is 0 Å². The second-order valence-electron chi connectivity index (χ2n) is 5.07. The summed E-state index contributed by atoms with van der Waals surface area (Å²) < 4.78 is 2.83. The number of hydrogen-bond acceptors (Lipinski definition) is 3. The zero-order chi connectivity index (χ0) is 13.5. The minimum Gasteiger partial charge on any atom is -0.312 e. The molecule has 0 unspecified atom stereocenters. The van der Waals surface area contributed by atoms with Crippen molar-refractivity contribution >= 4 is 21.6 Å². The van der Waals surface area contributed by atoms with Crippen LogP contribution in [0.15, 0.2) is 47.3 Å². The molecule has 0 aliphatic carbocycles. The van der Waals surface area contributed by atoms with E-state index in [0.29, 0.717) is 0 Å². The Morgan fingerprint density at radius 2 is 2.00 bits per heavy atom. The first kappa shape index (κ1) is 11.9. The van der Waals surface area contributed by atoms with E-state index in [0.717, 1.165) is 35.3 Å². The van der Waals surface area contributed by atoms with Crippen LogP contribution in [0.25, 0.3) is 15.8 Å². The number of rotatable bonds is 1. The molecule has 1 aliphatic rings. The predicted molar refractivity (Wildman–Crippen MR) is 82.8 cm³/mol. The number of benzene rings is 2. The molecule has 2 heterocycles. The molecule has 0 saturated heterocycles. The first-order chi connectivity index (χ1) is 9.83. The molecule has 0 atom stereocenters. The molecule has 1 N–H and O–H groups in total. The molecule has 0 spiro atoms. The van der Waals surface area contributed by atoms with E-state index in [2.05, 4.69) is 23.5 Å². The van der Waals surface area contributed by atoms with Crippen LogP contribution in [0.3, 0.4) is 0 Å². The van der Waals surface area contributed by atoms with Crippen LogP contribution in [0, 0.1) is 0 Å². The SMILES string of the molecule is O=c1c2ccccc2sn1-c1ccc2c(c1)CNCC2. The summed E-state index contributed by atoms with van der Waals surface area (Å²) in [7, 11) is 0. The zero-order valence-electron chi connectivity index (χ0n) is 10.9. The normalized spacial score (nSPS) is 14.4. The molecule has 2 aromatic carbocycles. The Morgan fingerprint density at radius 1 is 1.10 bits per heavy atom. The van der Waals surface area contributed by atoms with Gasteiger partial charge in [-0.15, -0.1) is 0 Å². The summed E-state index contributed by atoms with van der Waals surface area (Å²) >= 11 is 1.51. The smallest absolute Gasteiger partial charge is 0.273 e. The van der Waals surface area contributed by atoms with Crippen LogP contribution in [0.1, 0.15) is 11.1 Å². The van der Waals surface area contributed by atoms with Gasteiger partial charge in [-0.3, -0.25) is 4.79 Å². The third-order valence-electron chi connectivity index (χ3n) is 3.80. The molecule has 0 radical (unpaired) electrons. The lowest BCUT2D eigenvalue weighted by atomic mass is 10.0. The molecule has 0 saturated carbocycles. The van der Waals surface area contributed by atoms with Crippen molar-refractivity contribution in [2.45, 2.75) is 13.0 Å². The van der Waals surface area contributed by atoms with Gasteiger partial charge in [-0.1, -0.05) is 29.7 Å². The van der Waals surface area contributed by atoms with Crippen LogP contribution in [0.5, 0.6) is 0 Å². The van der Waals surface area contributed by atoms with Crippen LogP contribution in [-0.2, 0) is 13.0 Å². The van der Waals surface area contributed by atoms with Crippen molar-refractivity contribution in [2.75, 3.05) is 6.54 Å². The van der Waals surface area contributed by atoms with Gasteiger partial charge < -0.3 is 5.32 Å². The van der Waals surface area contributed by atoms with E-state index < -0.39 is 0 Å². The standard InChI is InChI=1S/C16H14N2OS/c19-16-14-3-1-2-4-15(14)20-18(16)13-6-5-11-7-8-17-10-12(11)9-13/h1-6,9,17H,7-8,10H2. The highest BCUT2D eigenvalue weighted by Gasteiger charge is 2.12. The summed E-state index contributed by atoms with van der Waals surface area (Å²) in [5.74, 6) is 0. The number of fused-ring (bicyclic) bond motifs is 2. The topological polar surface area (TPSA) is 34.0 Å². The van der Waals surface area contributed by atoms with Gasteiger partial charge in [0.2, 0.25) is 0 Å². The molecule has 3 nitrogen and oxygen atoms in total. The van der Waals surface area contributed by atoms with Gasteiger partial charge in [0.15, 0.2) is 0 Å². The lowest BCUT2D eigenvalue weighted by Gasteiger charge is -2.17. The molecular formula is C16H14N2OS. The van der Waals surface area contributed by atoms with Crippen LogP contribution in [-0.4, -0.2) is 10.5 Å². The molecule has 20 heavy (non-hydrogen) atoms. The average molecular weight is 282 g/mol. The van der Waals surface area contributed by atoms with E-state index in [1.54, 1.807) is 3.96 Å². The number of nitrogens with zero attached hydrogens (tertiary/aromatic N) is 1. The first-order valence-corrected chi connectivity index (χ1v) is 7.54. The minimum atomic E-state index is 0.0781. The second-order valence-corrected chi connectivity index (χ2v) is 6.05. The summed E-state index contributed by atoms with van der Waals surface area (Å²) in [5, 5.41) is 4.18. The number of nitrogens with one attached hydrogen (secondary N) is 1. The third kappa shape index (κ3) is 1.80. The molecule has 0 bridgehead atoms. The van der Waals surface area contributed by atoms with Gasteiger partial charge in [0, 0.05) is 6.54 Å². The monoisotopic (exact) mass is 282 g/mol. The average Bonchev–Trinajstić information content (AvgIpc) is 2.84. The number of hydrogen-bond donors (Lipinski definition) is 1. The largest absolute Gasteiger partial charge is 0.312 e. The van der Waals surface area contributed by atoms with Crippen molar-refractivity contribution in [3.05, 3.63) is 63.9 Å². The fourth-order valence-electron chi connectivity index (χ4n) is 2.74.